The number of ether oxygens (including phenoxy) is 1. The van der Waals surface area contributed by atoms with Gasteiger partial charge < -0.3 is 15.0 Å². The molecule has 24 heavy (non-hydrogen) atoms. The molecule has 1 N–H and O–H groups in total. The summed E-state index contributed by atoms with van der Waals surface area (Å²) in [6.45, 7) is 3.14. The molecule has 0 saturated heterocycles. The highest BCUT2D eigenvalue weighted by molar-refractivity contribution is 5.74. The van der Waals surface area contributed by atoms with E-state index in [0.717, 1.165) is 23.1 Å². The van der Waals surface area contributed by atoms with Crippen molar-refractivity contribution in [3.63, 3.8) is 0 Å². The van der Waals surface area contributed by atoms with Crippen molar-refractivity contribution >= 4 is 6.03 Å². The Morgan fingerprint density at radius 1 is 1.25 bits per heavy atom. The molecule has 2 amide bonds. The summed E-state index contributed by atoms with van der Waals surface area (Å²) in [6.07, 6.45) is 4.35. The number of carbonyl (C=O) groups excluding carboxylic acids is 1. The summed E-state index contributed by atoms with van der Waals surface area (Å²) in [7, 11) is 3.50. The van der Waals surface area contributed by atoms with Gasteiger partial charge in [-0.15, -0.1) is 0 Å². The summed E-state index contributed by atoms with van der Waals surface area (Å²) in [5, 5.41) is 2.98. The smallest absolute Gasteiger partial charge is 0.317 e. The highest BCUT2D eigenvalue weighted by Crippen LogP contribution is 2.22. The number of aromatic nitrogens is 1. The Balaban J connectivity index is 1.97. The molecule has 2 aromatic rings. The molecule has 2 rings (SSSR count). The van der Waals surface area contributed by atoms with E-state index in [-0.39, 0.29) is 12.1 Å². The second-order valence-corrected chi connectivity index (χ2v) is 5.73. The van der Waals surface area contributed by atoms with Crippen molar-refractivity contribution in [2.45, 2.75) is 32.5 Å². The van der Waals surface area contributed by atoms with Crippen LogP contribution in [0.4, 0.5) is 4.79 Å². The van der Waals surface area contributed by atoms with E-state index in [1.165, 1.54) is 0 Å². The second kappa shape index (κ2) is 9.03. The third kappa shape index (κ3) is 4.80. The maximum atomic E-state index is 12.5. The number of amides is 2. The van der Waals surface area contributed by atoms with Crippen molar-refractivity contribution in [3.05, 3.63) is 65.5 Å². The first-order valence-corrected chi connectivity index (χ1v) is 8.13. The molecule has 1 heterocycles. The van der Waals surface area contributed by atoms with Gasteiger partial charge >= 0.3 is 6.03 Å². The lowest BCUT2D eigenvalue weighted by atomic mass is 10.1. The molecule has 0 aliphatic rings. The summed E-state index contributed by atoms with van der Waals surface area (Å²) < 4.78 is 5.14. The lowest BCUT2D eigenvalue weighted by Gasteiger charge is -2.27. The van der Waals surface area contributed by atoms with Crippen LogP contribution in [0.15, 0.2) is 48.8 Å². The third-order valence-electron chi connectivity index (χ3n) is 4.01. The van der Waals surface area contributed by atoms with Crippen LogP contribution in [-0.2, 0) is 17.9 Å². The first-order valence-electron chi connectivity index (χ1n) is 8.13. The summed E-state index contributed by atoms with van der Waals surface area (Å²) in [6, 6.07) is 11.9. The van der Waals surface area contributed by atoms with E-state index in [1.54, 1.807) is 24.4 Å². The molecular formula is C19H25N3O2. The quantitative estimate of drug-likeness (QED) is 0.846. The number of nitrogens with zero attached hydrogens (tertiary/aromatic N) is 2. The van der Waals surface area contributed by atoms with Crippen LogP contribution in [0.5, 0.6) is 0 Å². The summed E-state index contributed by atoms with van der Waals surface area (Å²) in [5.74, 6) is 0. The van der Waals surface area contributed by atoms with Gasteiger partial charge in [-0.3, -0.25) is 4.98 Å². The molecule has 1 aromatic carbocycles. The van der Waals surface area contributed by atoms with Gasteiger partial charge in [-0.05, 0) is 35.2 Å². The molecule has 5 heteroatoms. The monoisotopic (exact) mass is 327 g/mol. The Morgan fingerprint density at radius 2 is 1.96 bits per heavy atom. The first kappa shape index (κ1) is 17.9. The number of nitrogens with one attached hydrogen (secondary N) is 1. The molecule has 0 spiro atoms. The van der Waals surface area contributed by atoms with E-state index < -0.39 is 0 Å². The summed E-state index contributed by atoms with van der Waals surface area (Å²) in [5.41, 5.74) is 3.25. The van der Waals surface area contributed by atoms with Crippen LogP contribution >= 0.6 is 0 Å². The van der Waals surface area contributed by atoms with Gasteiger partial charge in [0.25, 0.3) is 0 Å². The van der Waals surface area contributed by atoms with Crippen molar-refractivity contribution in [1.29, 1.82) is 0 Å². The van der Waals surface area contributed by atoms with Crippen LogP contribution in [0.3, 0.4) is 0 Å². The minimum atomic E-state index is -0.0872. The van der Waals surface area contributed by atoms with Crippen molar-refractivity contribution in [2.24, 2.45) is 0 Å². The van der Waals surface area contributed by atoms with Crippen LogP contribution in [0.25, 0.3) is 0 Å². The number of rotatable bonds is 7. The number of urea groups is 1. The standard InChI is InChI=1S/C19H25N3O2/c1-4-18(17-8-10-20-11-9-17)22(2)19(23)21-13-15-6-5-7-16(12-15)14-24-3/h5-12,18H,4,13-14H2,1-3H3,(H,21,23)/t18-/m1/s1. The normalized spacial score (nSPS) is 11.8. The van der Waals surface area contributed by atoms with E-state index >= 15 is 0 Å². The van der Waals surface area contributed by atoms with E-state index in [2.05, 4.69) is 17.2 Å². The molecule has 0 aliphatic carbocycles. The predicted molar refractivity (Wildman–Crippen MR) is 94.4 cm³/mol. The molecule has 0 unspecified atom stereocenters. The number of methoxy groups -OCH3 is 1. The molecule has 128 valence electrons. The zero-order valence-corrected chi connectivity index (χ0v) is 14.5. The molecule has 5 nitrogen and oxygen atoms in total. The first-order chi connectivity index (χ1) is 11.7. The van der Waals surface area contributed by atoms with Gasteiger partial charge in [-0.2, -0.15) is 0 Å². The van der Waals surface area contributed by atoms with Gasteiger partial charge in [-0.1, -0.05) is 31.2 Å². The van der Waals surface area contributed by atoms with Gasteiger partial charge in [0, 0.05) is 33.1 Å². The van der Waals surface area contributed by atoms with E-state index in [1.807, 2.05) is 43.4 Å². The minimum absolute atomic E-state index is 0.0350. The van der Waals surface area contributed by atoms with Crippen LogP contribution < -0.4 is 5.32 Å². The Morgan fingerprint density at radius 3 is 2.62 bits per heavy atom. The summed E-state index contributed by atoms with van der Waals surface area (Å²) in [4.78, 5) is 18.3. The number of carbonyl (C=O) groups is 1. The predicted octanol–water partition coefficient (Wildman–Crippen LogP) is 3.52. The fourth-order valence-electron chi connectivity index (χ4n) is 2.76. The molecular weight excluding hydrogens is 302 g/mol. The lowest BCUT2D eigenvalue weighted by Crippen LogP contribution is -2.39. The van der Waals surface area contributed by atoms with Crippen LogP contribution in [0.1, 0.15) is 36.1 Å². The maximum absolute atomic E-state index is 12.5. The number of hydrogen-bond donors (Lipinski definition) is 1. The van der Waals surface area contributed by atoms with Crippen LogP contribution in [0, 0.1) is 0 Å². The molecule has 0 saturated carbocycles. The molecule has 0 bridgehead atoms. The van der Waals surface area contributed by atoms with E-state index in [9.17, 15) is 4.79 Å². The lowest BCUT2D eigenvalue weighted by molar-refractivity contribution is 0.184. The molecule has 0 radical (unpaired) electrons. The molecule has 0 fully saturated rings. The maximum Gasteiger partial charge on any atom is 0.317 e. The Labute approximate surface area is 143 Å². The van der Waals surface area contributed by atoms with Crippen molar-refractivity contribution < 1.29 is 9.53 Å². The second-order valence-electron chi connectivity index (χ2n) is 5.73. The minimum Gasteiger partial charge on any atom is -0.380 e. The molecule has 1 aromatic heterocycles. The zero-order chi connectivity index (χ0) is 17.4. The SMILES string of the molecule is CC[C@H](c1ccncc1)N(C)C(=O)NCc1cccc(COC)c1. The highest BCUT2D eigenvalue weighted by Gasteiger charge is 2.19. The third-order valence-corrected chi connectivity index (χ3v) is 4.01. The average molecular weight is 327 g/mol. The van der Waals surface area contributed by atoms with Crippen LogP contribution in [0.2, 0.25) is 0 Å². The van der Waals surface area contributed by atoms with Gasteiger partial charge in [0.05, 0.1) is 12.6 Å². The van der Waals surface area contributed by atoms with Gasteiger partial charge in [0.15, 0.2) is 0 Å². The summed E-state index contributed by atoms with van der Waals surface area (Å²) >= 11 is 0. The fourth-order valence-corrected chi connectivity index (χ4v) is 2.76. The van der Waals surface area contributed by atoms with Gasteiger partial charge in [-0.25, -0.2) is 4.79 Å². The topological polar surface area (TPSA) is 54.5 Å². The Kier molecular flexibility index (Phi) is 6.75. The fraction of sp³-hybridized carbons (Fsp3) is 0.368. The van der Waals surface area contributed by atoms with E-state index in [0.29, 0.717) is 13.2 Å². The largest absolute Gasteiger partial charge is 0.380 e. The molecule has 1 atom stereocenters. The van der Waals surface area contributed by atoms with Crippen molar-refractivity contribution in [1.82, 2.24) is 15.2 Å². The number of benzene rings is 1. The van der Waals surface area contributed by atoms with Crippen LogP contribution in [-0.4, -0.2) is 30.1 Å². The number of pyridine rings is 1. The van der Waals surface area contributed by atoms with Gasteiger partial charge in [0.1, 0.15) is 0 Å². The van der Waals surface area contributed by atoms with Gasteiger partial charge in [0.2, 0.25) is 0 Å². The number of hydrogen-bond acceptors (Lipinski definition) is 3. The van der Waals surface area contributed by atoms with Crippen molar-refractivity contribution in [2.75, 3.05) is 14.2 Å². The average Bonchev–Trinajstić information content (AvgIpc) is 2.62. The van der Waals surface area contributed by atoms with Crippen molar-refractivity contribution in [3.8, 4) is 0 Å². The Hall–Kier alpha value is -2.40. The zero-order valence-electron chi connectivity index (χ0n) is 14.5. The Bertz CT molecular complexity index is 646. The highest BCUT2D eigenvalue weighted by atomic mass is 16.5. The molecule has 0 aliphatic heterocycles. The van der Waals surface area contributed by atoms with E-state index in [4.69, 9.17) is 4.74 Å².